The summed E-state index contributed by atoms with van der Waals surface area (Å²) in [6.07, 6.45) is 0. The van der Waals surface area contributed by atoms with E-state index in [1.54, 1.807) is 24.3 Å². The molecule has 0 saturated heterocycles. The van der Waals surface area contributed by atoms with Crippen molar-refractivity contribution in [2.75, 3.05) is 5.32 Å². The number of hydrogen-bond donors (Lipinski definition) is 3. The SMILES string of the molecule is O=C(NNC(=S)Nc1ccc(F)cc1)c1ccccc1I. The predicted molar refractivity (Wildman–Crippen MR) is 92.4 cm³/mol. The maximum absolute atomic E-state index is 12.8. The number of carbonyl (C=O) groups is 1. The molecule has 0 aliphatic heterocycles. The number of thiocarbonyl (C=S) groups is 1. The van der Waals surface area contributed by atoms with E-state index in [9.17, 15) is 9.18 Å². The van der Waals surface area contributed by atoms with Gasteiger partial charge in [0.2, 0.25) is 0 Å². The summed E-state index contributed by atoms with van der Waals surface area (Å²) in [6.45, 7) is 0. The van der Waals surface area contributed by atoms with E-state index in [1.165, 1.54) is 12.1 Å². The Hall–Kier alpha value is -1.74. The van der Waals surface area contributed by atoms with Crippen LogP contribution in [-0.2, 0) is 0 Å². The molecule has 1 amide bonds. The topological polar surface area (TPSA) is 53.2 Å². The van der Waals surface area contributed by atoms with E-state index in [-0.39, 0.29) is 16.8 Å². The average molecular weight is 415 g/mol. The van der Waals surface area contributed by atoms with Crippen LogP contribution in [0.1, 0.15) is 10.4 Å². The number of anilines is 1. The summed E-state index contributed by atoms with van der Waals surface area (Å²) in [5.74, 6) is -0.616. The molecule has 7 heteroatoms. The number of nitrogens with one attached hydrogen (secondary N) is 3. The van der Waals surface area contributed by atoms with Gasteiger partial charge >= 0.3 is 0 Å². The average Bonchev–Trinajstić information content (AvgIpc) is 2.48. The molecule has 0 aliphatic carbocycles. The molecular weight excluding hydrogens is 404 g/mol. The number of rotatable bonds is 2. The minimum absolute atomic E-state index is 0.209. The molecule has 2 aromatic carbocycles. The molecule has 0 spiro atoms. The molecule has 0 fully saturated rings. The van der Waals surface area contributed by atoms with Gasteiger partial charge in [0, 0.05) is 9.26 Å². The molecule has 2 rings (SSSR count). The molecule has 0 unspecified atom stereocenters. The zero-order chi connectivity index (χ0) is 15.2. The Balaban J connectivity index is 1.88. The van der Waals surface area contributed by atoms with E-state index in [2.05, 4.69) is 38.8 Å². The lowest BCUT2D eigenvalue weighted by Crippen LogP contribution is -2.44. The van der Waals surface area contributed by atoms with Crippen LogP contribution in [0.15, 0.2) is 48.5 Å². The number of carbonyl (C=O) groups excluding carboxylic acids is 1. The molecule has 3 N–H and O–H groups in total. The second kappa shape index (κ2) is 7.32. The van der Waals surface area contributed by atoms with Crippen LogP contribution in [0, 0.1) is 9.39 Å². The maximum Gasteiger partial charge on any atom is 0.270 e. The van der Waals surface area contributed by atoms with Gasteiger partial charge in [-0.15, -0.1) is 0 Å². The zero-order valence-corrected chi connectivity index (χ0v) is 13.7. The highest BCUT2D eigenvalue weighted by molar-refractivity contribution is 14.1. The molecular formula is C14H11FIN3OS. The second-order valence-corrected chi connectivity index (χ2v) is 5.59. The van der Waals surface area contributed by atoms with Gasteiger partial charge in [0.15, 0.2) is 5.11 Å². The third-order valence-electron chi connectivity index (χ3n) is 2.51. The number of halogens is 2. The van der Waals surface area contributed by atoms with Crippen molar-refractivity contribution >= 4 is 51.5 Å². The lowest BCUT2D eigenvalue weighted by molar-refractivity contribution is 0.0943. The van der Waals surface area contributed by atoms with Gasteiger partial charge < -0.3 is 5.32 Å². The molecule has 2 aromatic rings. The quantitative estimate of drug-likeness (QED) is 0.401. The molecule has 21 heavy (non-hydrogen) atoms. The summed E-state index contributed by atoms with van der Waals surface area (Å²) in [7, 11) is 0. The minimum Gasteiger partial charge on any atom is -0.331 e. The van der Waals surface area contributed by atoms with Gasteiger partial charge in [-0.2, -0.15) is 0 Å². The molecule has 0 heterocycles. The van der Waals surface area contributed by atoms with Crippen LogP contribution < -0.4 is 16.2 Å². The fourth-order valence-electron chi connectivity index (χ4n) is 1.52. The third kappa shape index (κ3) is 4.64. The van der Waals surface area contributed by atoms with E-state index in [4.69, 9.17) is 12.2 Å². The van der Waals surface area contributed by atoms with Crippen molar-refractivity contribution in [3.8, 4) is 0 Å². The second-order valence-electron chi connectivity index (χ2n) is 4.02. The van der Waals surface area contributed by atoms with Crippen molar-refractivity contribution in [1.82, 2.24) is 10.9 Å². The molecule has 0 saturated carbocycles. The first-order chi connectivity index (χ1) is 10.1. The van der Waals surface area contributed by atoms with Crippen LogP contribution in [0.5, 0.6) is 0 Å². The Morgan fingerprint density at radius 1 is 1.05 bits per heavy atom. The van der Waals surface area contributed by atoms with Crippen molar-refractivity contribution in [3.05, 3.63) is 63.5 Å². The Bertz CT molecular complexity index is 664. The Morgan fingerprint density at radius 2 is 1.71 bits per heavy atom. The van der Waals surface area contributed by atoms with Gasteiger partial charge in [-0.1, -0.05) is 12.1 Å². The lowest BCUT2D eigenvalue weighted by atomic mass is 10.2. The van der Waals surface area contributed by atoms with E-state index in [0.29, 0.717) is 11.3 Å². The van der Waals surface area contributed by atoms with Gasteiger partial charge in [-0.25, -0.2) is 4.39 Å². The summed E-state index contributed by atoms with van der Waals surface area (Å²) < 4.78 is 13.6. The summed E-state index contributed by atoms with van der Waals surface area (Å²) in [5, 5.41) is 3.04. The molecule has 0 radical (unpaired) electrons. The van der Waals surface area contributed by atoms with Crippen LogP contribution >= 0.6 is 34.8 Å². The first-order valence-electron chi connectivity index (χ1n) is 5.93. The highest BCUT2D eigenvalue weighted by Gasteiger charge is 2.08. The predicted octanol–water partition coefficient (Wildman–Crippen LogP) is 3.06. The highest BCUT2D eigenvalue weighted by Crippen LogP contribution is 2.11. The lowest BCUT2D eigenvalue weighted by Gasteiger charge is -2.12. The number of amides is 1. The number of benzene rings is 2. The molecule has 0 bridgehead atoms. The van der Waals surface area contributed by atoms with E-state index in [1.807, 2.05) is 12.1 Å². The van der Waals surface area contributed by atoms with Gasteiger partial charge in [-0.05, 0) is 71.2 Å². The molecule has 0 aliphatic rings. The summed E-state index contributed by atoms with van der Waals surface area (Å²) in [6, 6.07) is 12.9. The number of hydrazine groups is 1. The summed E-state index contributed by atoms with van der Waals surface area (Å²) in [5.41, 5.74) is 6.27. The zero-order valence-electron chi connectivity index (χ0n) is 10.7. The number of hydrogen-bond acceptors (Lipinski definition) is 2. The van der Waals surface area contributed by atoms with Crippen LogP contribution in [0.4, 0.5) is 10.1 Å². The standard InChI is InChI=1S/C14H11FIN3OS/c15-9-5-7-10(8-6-9)17-14(21)19-18-13(20)11-3-1-2-4-12(11)16/h1-8H,(H,18,20)(H2,17,19,21). The van der Waals surface area contributed by atoms with Crippen molar-refractivity contribution in [3.63, 3.8) is 0 Å². The van der Waals surface area contributed by atoms with Crippen LogP contribution in [0.3, 0.4) is 0 Å². The van der Waals surface area contributed by atoms with Crippen molar-refractivity contribution in [1.29, 1.82) is 0 Å². The highest BCUT2D eigenvalue weighted by atomic mass is 127. The monoisotopic (exact) mass is 415 g/mol. The van der Waals surface area contributed by atoms with Gasteiger partial charge in [0.1, 0.15) is 5.82 Å². The fourth-order valence-corrected chi connectivity index (χ4v) is 2.32. The summed E-state index contributed by atoms with van der Waals surface area (Å²) >= 11 is 7.12. The van der Waals surface area contributed by atoms with Gasteiger partial charge in [-0.3, -0.25) is 15.6 Å². The Kier molecular flexibility index (Phi) is 5.45. The molecule has 0 atom stereocenters. The van der Waals surface area contributed by atoms with Gasteiger partial charge in [0.25, 0.3) is 5.91 Å². The van der Waals surface area contributed by atoms with Crippen molar-refractivity contribution < 1.29 is 9.18 Å². The minimum atomic E-state index is -0.327. The third-order valence-corrected chi connectivity index (χ3v) is 3.65. The molecule has 4 nitrogen and oxygen atoms in total. The molecule has 108 valence electrons. The van der Waals surface area contributed by atoms with E-state index < -0.39 is 0 Å². The van der Waals surface area contributed by atoms with Crippen LogP contribution in [0.2, 0.25) is 0 Å². The summed E-state index contributed by atoms with van der Waals surface area (Å²) in [4.78, 5) is 12.0. The Morgan fingerprint density at radius 3 is 2.38 bits per heavy atom. The normalized spacial score (nSPS) is 9.81. The van der Waals surface area contributed by atoms with E-state index in [0.717, 1.165) is 3.57 Å². The van der Waals surface area contributed by atoms with Crippen LogP contribution in [-0.4, -0.2) is 11.0 Å². The van der Waals surface area contributed by atoms with Crippen LogP contribution in [0.25, 0.3) is 0 Å². The Labute approximate surface area is 140 Å². The largest absolute Gasteiger partial charge is 0.331 e. The molecule has 0 aromatic heterocycles. The first-order valence-corrected chi connectivity index (χ1v) is 7.42. The first kappa shape index (κ1) is 15.6. The fraction of sp³-hybridized carbons (Fsp3) is 0. The van der Waals surface area contributed by atoms with E-state index >= 15 is 0 Å². The van der Waals surface area contributed by atoms with Crippen molar-refractivity contribution in [2.45, 2.75) is 0 Å². The van der Waals surface area contributed by atoms with Gasteiger partial charge in [0.05, 0.1) is 5.56 Å². The smallest absolute Gasteiger partial charge is 0.270 e. The van der Waals surface area contributed by atoms with Crippen molar-refractivity contribution in [2.24, 2.45) is 0 Å². The maximum atomic E-state index is 12.8.